The summed E-state index contributed by atoms with van der Waals surface area (Å²) in [5.74, 6) is 0.892. The predicted octanol–water partition coefficient (Wildman–Crippen LogP) is 5.27. The van der Waals surface area contributed by atoms with Crippen LogP contribution in [-0.4, -0.2) is 66.7 Å². The van der Waals surface area contributed by atoms with Gasteiger partial charge in [-0.15, -0.1) is 0 Å². The van der Waals surface area contributed by atoms with E-state index >= 15 is 0 Å². The molecule has 2 aliphatic rings. The molecular formula is C30H40N6O6S. The Balaban J connectivity index is 1.80. The molecule has 1 saturated carbocycles. The van der Waals surface area contributed by atoms with Crippen LogP contribution in [0.15, 0.2) is 23.6 Å². The summed E-state index contributed by atoms with van der Waals surface area (Å²) in [5, 5.41) is 5.14. The molecule has 0 saturated heterocycles. The first kappa shape index (κ1) is 32.1. The Kier molecular flexibility index (Phi) is 8.44. The number of amides is 2. The molecule has 232 valence electrons. The lowest BCUT2D eigenvalue weighted by Gasteiger charge is -2.28. The molecule has 0 bridgehead atoms. The number of nitrogen functional groups attached to an aromatic ring is 1. The molecule has 0 unspecified atom stereocenters. The highest BCUT2D eigenvalue weighted by molar-refractivity contribution is 8.15. The fourth-order valence-corrected chi connectivity index (χ4v) is 5.85. The normalized spacial score (nSPS) is 16.9. The number of thioether (sulfide) groups is 1. The van der Waals surface area contributed by atoms with Crippen molar-refractivity contribution in [3.05, 3.63) is 46.7 Å². The number of carbonyl (C=O) groups excluding carboxylic acids is 3. The van der Waals surface area contributed by atoms with Crippen LogP contribution in [0.2, 0.25) is 0 Å². The van der Waals surface area contributed by atoms with Gasteiger partial charge in [0.1, 0.15) is 33.6 Å². The van der Waals surface area contributed by atoms with Crippen LogP contribution in [0.5, 0.6) is 5.75 Å². The van der Waals surface area contributed by atoms with E-state index in [-0.39, 0.29) is 29.7 Å². The number of ether oxygens (including phenoxy) is 3. The van der Waals surface area contributed by atoms with Gasteiger partial charge in [-0.05, 0) is 68.2 Å². The van der Waals surface area contributed by atoms with Crippen molar-refractivity contribution >= 4 is 40.6 Å². The molecule has 2 amide bonds. The molecule has 1 aliphatic carbocycles. The van der Waals surface area contributed by atoms with E-state index in [2.05, 4.69) is 16.6 Å². The molecule has 2 N–H and O–H groups in total. The van der Waals surface area contributed by atoms with Gasteiger partial charge in [-0.3, -0.25) is 9.78 Å². The van der Waals surface area contributed by atoms with Crippen LogP contribution in [0, 0.1) is 13.8 Å². The second-order valence-corrected chi connectivity index (χ2v) is 13.7. The summed E-state index contributed by atoms with van der Waals surface area (Å²) >= 11 is 1.16. The number of pyridine rings is 1. The summed E-state index contributed by atoms with van der Waals surface area (Å²) in [6.07, 6.45) is 1.02. The van der Waals surface area contributed by atoms with Gasteiger partial charge in [-0.2, -0.15) is 10.00 Å². The lowest BCUT2D eigenvalue weighted by Crippen LogP contribution is -2.42. The van der Waals surface area contributed by atoms with E-state index in [0.29, 0.717) is 39.7 Å². The second kappa shape index (κ2) is 11.3. The Morgan fingerprint density at radius 3 is 2.23 bits per heavy atom. The quantitative estimate of drug-likeness (QED) is 0.473. The first-order chi connectivity index (χ1) is 19.9. The van der Waals surface area contributed by atoms with Gasteiger partial charge in [-0.1, -0.05) is 18.3 Å². The van der Waals surface area contributed by atoms with Crippen molar-refractivity contribution in [1.29, 1.82) is 0 Å². The third-order valence-corrected chi connectivity index (χ3v) is 7.95. The van der Waals surface area contributed by atoms with Crippen molar-refractivity contribution in [1.82, 2.24) is 19.7 Å². The molecule has 2 aromatic heterocycles. The van der Waals surface area contributed by atoms with Gasteiger partial charge in [0, 0.05) is 17.3 Å². The Bertz CT molecular complexity index is 1500. The van der Waals surface area contributed by atoms with Gasteiger partial charge in [-0.25, -0.2) is 19.3 Å². The van der Waals surface area contributed by atoms with Crippen LogP contribution in [-0.2, 0) is 26.2 Å². The maximum absolute atomic E-state index is 13.3. The molecule has 12 nitrogen and oxygen atoms in total. The van der Waals surface area contributed by atoms with Gasteiger partial charge in [0.2, 0.25) is 0 Å². The number of Topliss-reactive ketones (excluding diaryl/α,β-unsaturated/α-hetero) is 1. The molecule has 4 rings (SSSR count). The fraction of sp³-hybridized carbons (Fsp3) is 0.533. The molecule has 43 heavy (non-hydrogen) atoms. The molecule has 1 aliphatic heterocycles. The first-order valence-corrected chi connectivity index (χ1v) is 14.9. The van der Waals surface area contributed by atoms with E-state index in [9.17, 15) is 14.4 Å². The largest absolute Gasteiger partial charge is 0.496 e. The third-order valence-electron chi connectivity index (χ3n) is 6.97. The number of anilines is 1. The Morgan fingerprint density at radius 2 is 1.72 bits per heavy atom. The van der Waals surface area contributed by atoms with Gasteiger partial charge >= 0.3 is 12.2 Å². The van der Waals surface area contributed by atoms with Crippen LogP contribution in [0.4, 0.5) is 15.4 Å². The Labute approximate surface area is 256 Å². The molecule has 2 aromatic rings. The average molecular weight is 613 g/mol. The number of imide groups is 1. The van der Waals surface area contributed by atoms with Crippen LogP contribution < -0.4 is 10.5 Å². The fourth-order valence-electron chi connectivity index (χ4n) is 4.79. The van der Waals surface area contributed by atoms with Crippen molar-refractivity contribution in [2.75, 3.05) is 18.6 Å². The van der Waals surface area contributed by atoms with Crippen molar-refractivity contribution in [2.24, 2.45) is 4.99 Å². The molecule has 0 aromatic carbocycles. The number of ketones is 1. The van der Waals surface area contributed by atoms with E-state index in [1.165, 1.54) is 0 Å². The first-order valence-electron chi connectivity index (χ1n) is 13.9. The van der Waals surface area contributed by atoms with E-state index in [0.717, 1.165) is 28.6 Å². The molecule has 1 fully saturated rings. The van der Waals surface area contributed by atoms with Crippen LogP contribution >= 0.6 is 11.8 Å². The van der Waals surface area contributed by atoms with Gasteiger partial charge < -0.3 is 19.9 Å². The lowest BCUT2D eigenvalue weighted by atomic mass is 9.94. The number of aryl methyl sites for hydroxylation is 1. The lowest BCUT2D eigenvalue weighted by molar-refractivity contribution is -0.119. The number of hydrogen-bond acceptors (Lipinski definition) is 11. The summed E-state index contributed by atoms with van der Waals surface area (Å²) in [6.45, 7) is 18.0. The molecule has 1 spiro atoms. The average Bonchev–Trinajstić information content (AvgIpc) is 3.62. The SMILES string of the molecule is C=C(/N=C1/SCC(=O)C2(CC2)c2nn(Cc3ncc(C)c(OC)c3C)c(N)c21)N(C(=O)OC(C)(C)C)C(=O)OC(C)(C)C. The number of rotatable bonds is 5. The minimum absolute atomic E-state index is 0.0154. The molecule has 13 heteroatoms. The van der Waals surface area contributed by atoms with Crippen LogP contribution in [0.1, 0.15) is 82.5 Å². The summed E-state index contributed by atoms with van der Waals surface area (Å²) < 4.78 is 18.1. The van der Waals surface area contributed by atoms with Crippen LogP contribution in [0.3, 0.4) is 0 Å². The monoisotopic (exact) mass is 612 g/mol. The van der Waals surface area contributed by atoms with Crippen molar-refractivity contribution in [2.45, 2.75) is 91.4 Å². The van der Waals surface area contributed by atoms with Gasteiger partial charge in [0.15, 0.2) is 5.78 Å². The number of hydrogen-bond donors (Lipinski definition) is 1. The number of fused-ring (bicyclic) bond motifs is 2. The minimum atomic E-state index is -0.997. The highest BCUT2D eigenvalue weighted by atomic mass is 32.2. The zero-order chi connectivity index (χ0) is 32.1. The second-order valence-electron chi connectivity index (χ2n) is 12.7. The van der Waals surface area contributed by atoms with Crippen molar-refractivity contribution in [3.63, 3.8) is 0 Å². The molecule has 0 radical (unpaired) electrons. The zero-order valence-corrected chi connectivity index (χ0v) is 27.1. The Hall–Kier alpha value is -3.87. The molecule has 3 heterocycles. The topological polar surface area (TPSA) is 151 Å². The van der Waals surface area contributed by atoms with E-state index in [1.807, 2.05) is 13.8 Å². The Morgan fingerprint density at radius 1 is 1.14 bits per heavy atom. The maximum atomic E-state index is 13.3. The standard InChI is InChI=1S/C30H40N6O6S/c1-16-13-32-19(17(2)22(16)40-10)14-35-24(31)21-23(34-35)30(11-12-30)20(37)15-43-25(21)33-18(3)36(26(38)41-28(4,5)6)27(39)42-29(7,8)9/h13H,3,11-12,14-15,31H2,1-2,4-10H3/b33-25+. The third kappa shape index (κ3) is 6.56. The van der Waals surface area contributed by atoms with Crippen molar-refractivity contribution in [3.8, 4) is 5.75 Å². The highest BCUT2D eigenvalue weighted by Gasteiger charge is 2.56. The summed E-state index contributed by atoms with van der Waals surface area (Å²) in [4.78, 5) is 49.5. The summed E-state index contributed by atoms with van der Waals surface area (Å²) in [7, 11) is 1.61. The number of aliphatic imine (C=N–C) groups is 1. The van der Waals surface area contributed by atoms with Crippen LogP contribution in [0.25, 0.3) is 0 Å². The smallest absolute Gasteiger partial charge is 0.425 e. The minimum Gasteiger partial charge on any atom is -0.496 e. The number of nitrogens with zero attached hydrogens (tertiary/aromatic N) is 5. The molecule has 0 atom stereocenters. The van der Waals surface area contributed by atoms with Gasteiger partial charge in [0.05, 0.1) is 41.8 Å². The summed E-state index contributed by atoms with van der Waals surface area (Å²) in [6, 6.07) is 0. The van der Waals surface area contributed by atoms with E-state index in [4.69, 9.17) is 25.0 Å². The highest BCUT2D eigenvalue weighted by Crippen LogP contribution is 2.53. The predicted molar refractivity (Wildman–Crippen MR) is 164 cm³/mol. The van der Waals surface area contributed by atoms with E-state index in [1.54, 1.807) is 59.5 Å². The number of aromatic nitrogens is 3. The summed E-state index contributed by atoms with van der Waals surface area (Å²) in [5.41, 5.74) is 7.60. The van der Waals surface area contributed by atoms with Crippen molar-refractivity contribution < 1.29 is 28.6 Å². The number of methoxy groups -OCH3 is 1. The number of carbonyl (C=O) groups is 3. The number of nitrogens with two attached hydrogens (primary N) is 1. The zero-order valence-electron chi connectivity index (χ0n) is 26.3. The maximum Gasteiger partial charge on any atom is 0.425 e. The van der Waals surface area contributed by atoms with Gasteiger partial charge in [0.25, 0.3) is 0 Å². The molecular weight excluding hydrogens is 572 g/mol. The van der Waals surface area contributed by atoms with E-state index < -0.39 is 28.8 Å².